The number of anilines is 1. The zero-order chi connectivity index (χ0) is 26.3. The third-order valence-corrected chi connectivity index (χ3v) is 9.52. The number of nitrogens with one attached hydrogen (secondary N) is 1. The number of carbonyl (C=O) groups is 1. The standard InChI is InChI=1S/C30H35NO5S/c1-18-15-19(2)29(20(3)16-18)37(34,35)31-23-10-8-9-22(17-23)26(21-13-14-21)27-28(32)24-11-6-4-5-7-12-25(24)36-30(27)33/h5,7-10,12,15-17,21,24,26-28,31-32H,4,6,11,13-14H2,1-3H3. The minimum absolute atomic E-state index is 0.219. The van der Waals surface area contributed by atoms with Gasteiger partial charge in [0.1, 0.15) is 5.76 Å². The van der Waals surface area contributed by atoms with Crippen molar-refractivity contribution in [3.05, 3.63) is 82.6 Å². The van der Waals surface area contributed by atoms with Crippen LogP contribution in [0.5, 0.6) is 0 Å². The number of benzene rings is 2. The largest absolute Gasteiger partial charge is 0.430 e. The van der Waals surface area contributed by atoms with Gasteiger partial charge in [0.15, 0.2) is 0 Å². The van der Waals surface area contributed by atoms with Crippen LogP contribution in [0.4, 0.5) is 5.69 Å². The summed E-state index contributed by atoms with van der Waals surface area (Å²) in [6, 6.07) is 11.0. The lowest BCUT2D eigenvalue weighted by Crippen LogP contribution is -2.45. The molecule has 0 radical (unpaired) electrons. The van der Waals surface area contributed by atoms with Crippen LogP contribution in [0.25, 0.3) is 0 Å². The van der Waals surface area contributed by atoms with E-state index < -0.39 is 28.0 Å². The van der Waals surface area contributed by atoms with Gasteiger partial charge in [0.25, 0.3) is 10.0 Å². The second kappa shape index (κ2) is 10.1. The number of aliphatic hydroxyl groups is 1. The van der Waals surface area contributed by atoms with Crippen LogP contribution in [-0.4, -0.2) is 25.6 Å². The first kappa shape index (κ1) is 25.7. The number of hydrogen-bond donors (Lipinski definition) is 2. The second-order valence-electron chi connectivity index (χ2n) is 10.8. The molecule has 5 rings (SSSR count). The predicted octanol–water partition coefficient (Wildman–Crippen LogP) is 5.68. The fourth-order valence-electron chi connectivity index (χ4n) is 6.20. The van der Waals surface area contributed by atoms with E-state index in [0.717, 1.165) is 43.2 Å². The molecule has 0 spiro atoms. The van der Waals surface area contributed by atoms with Gasteiger partial charge < -0.3 is 9.84 Å². The minimum Gasteiger partial charge on any atom is -0.430 e. The van der Waals surface area contributed by atoms with E-state index in [4.69, 9.17) is 4.74 Å². The van der Waals surface area contributed by atoms with E-state index in [1.54, 1.807) is 26.0 Å². The smallest absolute Gasteiger partial charge is 0.317 e. The van der Waals surface area contributed by atoms with Crippen molar-refractivity contribution in [2.24, 2.45) is 17.8 Å². The summed E-state index contributed by atoms with van der Waals surface area (Å²) in [5.74, 6) is -0.756. The maximum absolute atomic E-state index is 13.4. The highest BCUT2D eigenvalue weighted by molar-refractivity contribution is 7.92. The van der Waals surface area contributed by atoms with Crippen molar-refractivity contribution in [1.82, 2.24) is 0 Å². The van der Waals surface area contributed by atoms with Gasteiger partial charge in [-0.15, -0.1) is 0 Å². The molecular weight excluding hydrogens is 486 g/mol. The third kappa shape index (κ3) is 5.25. The summed E-state index contributed by atoms with van der Waals surface area (Å²) in [6.45, 7) is 5.55. The van der Waals surface area contributed by atoms with Crippen molar-refractivity contribution in [2.45, 2.75) is 69.8 Å². The Morgan fingerprint density at radius 2 is 1.78 bits per heavy atom. The Labute approximate surface area is 219 Å². The lowest BCUT2D eigenvalue weighted by atomic mass is 9.72. The van der Waals surface area contributed by atoms with Crippen LogP contribution in [0.2, 0.25) is 0 Å². The molecule has 4 atom stereocenters. The number of aliphatic hydroxyl groups excluding tert-OH is 1. The quantitative estimate of drug-likeness (QED) is 0.477. The normalized spacial score (nSPS) is 24.8. The van der Waals surface area contributed by atoms with Gasteiger partial charge in [0.05, 0.1) is 16.9 Å². The van der Waals surface area contributed by atoms with Crippen LogP contribution in [0.15, 0.2) is 65.3 Å². The highest BCUT2D eigenvalue weighted by atomic mass is 32.2. The van der Waals surface area contributed by atoms with Gasteiger partial charge in [-0.3, -0.25) is 9.52 Å². The molecule has 3 aliphatic rings. The molecule has 2 N–H and O–H groups in total. The lowest BCUT2D eigenvalue weighted by molar-refractivity contribution is -0.160. The van der Waals surface area contributed by atoms with E-state index in [9.17, 15) is 18.3 Å². The van der Waals surface area contributed by atoms with Gasteiger partial charge in [0, 0.05) is 17.5 Å². The first-order valence-electron chi connectivity index (χ1n) is 13.1. The zero-order valence-corrected chi connectivity index (χ0v) is 22.4. The molecule has 2 aliphatic carbocycles. The molecule has 4 unspecified atom stereocenters. The molecule has 1 heterocycles. The van der Waals surface area contributed by atoms with Gasteiger partial charge in [-0.05, 0) is 93.7 Å². The number of esters is 1. The Morgan fingerprint density at radius 3 is 2.49 bits per heavy atom. The Morgan fingerprint density at radius 1 is 1.05 bits per heavy atom. The van der Waals surface area contributed by atoms with E-state index in [1.807, 2.05) is 43.3 Å². The van der Waals surface area contributed by atoms with Crippen molar-refractivity contribution < 1.29 is 23.1 Å². The summed E-state index contributed by atoms with van der Waals surface area (Å²) in [7, 11) is -3.81. The van der Waals surface area contributed by atoms with E-state index in [-0.39, 0.29) is 22.6 Å². The lowest BCUT2D eigenvalue weighted by Gasteiger charge is -2.39. The van der Waals surface area contributed by atoms with Crippen LogP contribution in [0.1, 0.15) is 60.3 Å². The fourth-order valence-corrected chi connectivity index (χ4v) is 7.70. The molecule has 1 saturated carbocycles. The number of allylic oxidation sites excluding steroid dienone is 3. The van der Waals surface area contributed by atoms with Crippen molar-refractivity contribution >= 4 is 21.7 Å². The van der Waals surface area contributed by atoms with Crippen molar-refractivity contribution in [3.63, 3.8) is 0 Å². The molecule has 2 aromatic carbocycles. The van der Waals surface area contributed by atoms with Gasteiger partial charge in [0.2, 0.25) is 0 Å². The highest BCUT2D eigenvalue weighted by Gasteiger charge is 2.50. The number of sulfonamides is 1. The summed E-state index contributed by atoms with van der Waals surface area (Å²) in [5.41, 5.74) is 3.70. The number of rotatable bonds is 6. The first-order chi connectivity index (χ1) is 17.7. The zero-order valence-electron chi connectivity index (χ0n) is 21.6. The summed E-state index contributed by atoms with van der Waals surface area (Å²) in [5, 5.41) is 11.5. The molecule has 7 heteroatoms. The van der Waals surface area contributed by atoms with Crippen LogP contribution < -0.4 is 4.72 Å². The maximum atomic E-state index is 13.4. The fraction of sp³-hybridized carbons (Fsp3) is 0.433. The molecule has 0 bridgehead atoms. The molecule has 6 nitrogen and oxygen atoms in total. The summed E-state index contributed by atoms with van der Waals surface area (Å²) < 4.78 is 35.3. The number of hydrogen-bond acceptors (Lipinski definition) is 5. The SMILES string of the molecule is Cc1cc(C)c(S(=O)(=O)Nc2cccc(C(C3CC3)C3C(=O)OC4=CC=CCCCC4C3O)c2)c(C)c1. The topological polar surface area (TPSA) is 92.7 Å². The number of aryl methyl sites for hydroxylation is 3. The van der Waals surface area contributed by atoms with Crippen molar-refractivity contribution in [1.29, 1.82) is 0 Å². The van der Waals surface area contributed by atoms with E-state index in [0.29, 0.717) is 22.6 Å². The number of ether oxygens (including phenoxy) is 1. The molecule has 2 aromatic rings. The van der Waals surface area contributed by atoms with Crippen LogP contribution in [-0.2, 0) is 19.6 Å². The molecule has 0 amide bonds. The van der Waals surface area contributed by atoms with Gasteiger partial charge >= 0.3 is 5.97 Å². The Bertz CT molecular complexity index is 1350. The monoisotopic (exact) mass is 521 g/mol. The summed E-state index contributed by atoms with van der Waals surface area (Å²) >= 11 is 0. The van der Waals surface area contributed by atoms with Crippen LogP contribution in [0.3, 0.4) is 0 Å². The van der Waals surface area contributed by atoms with E-state index in [1.165, 1.54) is 0 Å². The molecule has 1 aliphatic heterocycles. The number of fused-ring (bicyclic) bond motifs is 1. The second-order valence-corrected chi connectivity index (χ2v) is 12.4. The third-order valence-electron chi connectivity index (χ3n) is 7.83. The van der Waals surface area contributed by atoms with E-state index in [2.05, 4.69) is 10.8 Å². The average molecular weight is 522 g/mol. The molecular formula is C30H35NO5S. The van der Waals surface area contributed by atoms with Gasteiger partial charge in [-0.1, -0.05) is 42.0 Å². The summed E-state index contributed by atoms with van der Waals surface area (Å²) in [4.78, 5) is 13.5. The van der Waals surface area contributed by atoms with E-state index >= 15 is 0 Å². The highest BCUT2D eigenvalue weighted by Crippen LogP contribution is 2.51. The van der Waals surface area contributed by atoms with Gasteiger partial charge in [-0.25, -0.2) is 8.42 Å². The summed E-state index contributed by atoms with van der Waals surface area (Å²) in [6.07, 6.45) is 9.45. The van der Waals surface area contributed by atoms with Crippen molar-refractivity contribution in [3.8, 4) is 0 Å². The molecule has 37 heavy (non-hydrogen) atoms. The Balaban J connectivity index is 1.46. The molecule has 2 fully saturated rings. The van der Waals surface area contributed by atoms with Crippen LogP contribution >= 0.6 is 0 Å². The van der Waals surface area contributed by atoms with Crippen LogP contribution in [0, 0.1) is 38.5 Å². The minimum atomic E-state index is -3.81. The number of carbonyl (C=O) groups excluding carboxylic acids is 1. The Hall–Kier alpha value is -2.90. The predicted molar refractivity (Wildman–Crippen MR) is 144 cm³/mol. The molecule has 0 aromatic heterocycles. The maximum Gasteiger partial charge on any atom is 0.317 e. The first-order valence-corrected chi connectivity index (χ1v) is 14.6. The van der Waals surface area contributed by atoms with Gasteiger partial charge in [-0.2, -0.15) is 0 Å². The molecule has 1 saturated heterocycles. The molecule has 196 valence electrons. The average Bonchev–Trinajstić information content (AvgIpc) is 3.62. The Kier molecular flexibility index (Phi) is 7.03. The van der Waals surface area contributed by atoms with Crippen molar-refractivity contribution in [2.75, 3.05) is 4.72 Å².